The molecule has 0 spiro atoms. The molecule has 0 saturated carbocycles. The molecular formula is C12H15BrN2O2. The average Bonchev–Trinajstić information content (AvgIpc) is 2.82. The van der Waals surface area contributed by atoms with Gasteiger partial charge in [0.05, 0.1) is 6.61 Å². The number of rotatable bonds is 4. The molecule has 92 valence electrons. The number of amides is 1. The first-order chi connectivity index (χ1) is 8.25. The number of halogens is 1. The van der Waals surface area contributed by atoms with Crippen LogP contribution < -0.4 is 10.8 Å². The van der Waals surface area contributed by atoms with Crippen molar-refractivity contribution in [2.75, 3.05) is 13.2 Å². The highest BCUT2D eigenvalue weighted by atomic mass is 79.9. The molecule has 1 saturated heterocycles. The second kappa shape index (κ2) is 6.14. The molecule has 1 aromatic carbocycles. The van der Waals surface area contributed by atoms with E-state index >= 15 is 0 Å². The summed E-state index contributed by atoms with van der Waals surface area (Å²) in [6.07, 6.45) is 2.28. The minimum Gasteiger partial charge on any atom is -0.312 e. The summed E-state index contributed by atoms with van der Waals surface area (Å²) in [5, 5.41) is 3.30. The molecule has 4 nitrogen and oxygen atoms in total. The largest absolute Gasteiger partial charge is 0.312 e. The molecule has 17 heavy (non-hydrogen) atoms. The van der Waals surface area contributed by atoms with Gasteiger partial charge in [-0.2, -0.15) is 0 Å². The Balaban J connectivity index is 1.77. The molecule has 1 aliphatic rings. The van der Waals surface area contributed by atoms with Crippen molar-refractivity contribution < 1.29 is 9.63 Å². The zero-order valence-electron chi connectivity index (χ0n) is 9.41. The van der Waals surface area contributed by atoms with Crippen LogP contribution in [0, 0.1) is 0 Å². The van der Waals surface area contributed by atoms with E-state index in [0.29, 0.717) is 18.2 Å². The molecule has 1 atom stereocenters. The fourth-order valence-electron chi connectivity index (χ4n) is 1.80. The predicted octanol–water partition coefficient (Wildman–Crippen LogP) is 1.86. The molecule has 1 unspecified atom stereocenters. The SMILES string of the molecule is O=C(NOCC1CCCN1)c1cccc(Br)c1. The van der Waals surface area contributed by atoms with Crippen LogP contribution in [0.5, 0.6) is 0 Å². The Kier molecular flexibility index (Phi) is 4.53. The molecular weight excluding hydrogens is 284 g/mol. The van der Waals surface area contributed by atoms with Crippen LogP contribution in [-0.2, 0) is 4.84 Å². The summed E-state index contributed by atoms with van der Waals surface area (Å²) < 4.78 is 0.877. The smallest absolute Gasteiger partial charge is 0.274 e. The predicted molar refractivity (Wildman–Crippen MR) is 68.6 cm³/mol. The Morgan fingerprint density at radius 2 is 2.47 bits per heavy atom. The van der Waals surface area contributed by atoms with Crippen molar-refractivity contribution in [2.45, 2.75) is 18.9 Å². The number of carbonyl (C=O) groups excluding carboxylic acids is 1. The molecule has 2 rings (SSSR count). The van der Waals surface area contributed by atoms with Gasteiger partial charge in [0.2, 0.25) is 0 Å². The number of carbonyl (C=O) groups is 1. The lowest BCUT2D eigenvalue weighted by molar-refractivity contribution is 0.0242. The molecule has 1 aromatic rings. The molecule has 5 heteroatoms. The fourth-order valence-corrected chi connectivity index (χ4v) is 2.19. The van der Waals surface area contributed by atoms with Gasteiger partial charge in [-0.05, 0) is 37.6 Å². The monoisotopic (exact) mass is 298 g/mol. The average molecular weight is 299 g/mol. The molecule has 0 radical (unpaired) electrons. The van der Waals surface area contributed by atoms with Crippen LogP contribution >= 0.6 is 15.9 Å². The molecule has 2 N–H and O–H groups in total. The van der Waals surface area contributed by atoms with Crippen molar-refractivity contribution in [3.8, 4) is 0 Å². The van der Waals surface area contributed by atoms with Gasteiger partial charge in [-0.15, -0.1) is 0 Å². The van der Waals surface area contributed by atoms with Gasteiger partial charge < -0.3 is 5.32 Å². The second-order valence-electron chi connectivity index (χ2n) is 4.05. The van der Waals surface area contributed by atoms with Crippen LogP contribution in [0.25, 0.3) is 0 Å². The lowest BCUT2D eigenvalue weighted by Crippen LogP contribution is -2.32. The van der Waals surface area contributed by atoms with E-state index in [9.17, 15) is 4.79 Å². The van der Waals surface area contributed by atoms with Crippen LogP contribution in [0.4, 0.5) is 0 Å². The first kappa shape index (κ1) is 12.5. The standard InChI is InChI=1S/C12H15BrN2O2/c13-10-4-1-3-9(7-10)12(16)15-17-8-11-5-2-6-14-11/h1,3-4,7,11,14H,2,5-6,8H2,(H,15,16). The fraction of sp³-hybridized carbons (Fsp3) is 0.417. The molecule has 1 amide bonds. The van der Waals surface area contributed by atoms with Gasteiger partial charge >= 0.3 is 0 Å². The summed E-state index contributed by atoms with van der Waals surface area (Å²) in [7, 11) is 0. The molecule has 0 aliphatic carbocycles. The number of hydroxylamine groups is 1. The summed E-state index contributed by atoms with van der Waals surface area (Å²) in [6.45, 7) is 1.55. The van der Waals surface area contributed by atoms with Crippen molar-refractivity contribution in [3.05, 3.63) is 34.3 Å². The number of hydrogen-bond acceptors (Lipinski definition) is 3. The van der Waals surface area contributed by atoms with Gasteiger partial charge in [0, 0.05) is 16.1 Å². The molecule has 1 heterocycles. The van der Waals surface area contributed by atoms with E-state index in [0.717, 1.165) is 17.4 Å². The Hall–Kier alpha value is -0.910. The lowest BCUT2D eigenvalue weighted by atomic mass is 10.2. The van der Waals surface area contributed by atoms with Crippen molar-refractivity contribution in [2.24, 2.45) is 0 Å². The van der Waals surface area contributed by atoms with Gasteiger partial charge in [-0.1, -0.05) is 22.0 Å². The Morgan fingerprint density at radius 3 is 3.18 bits per heavy atom. The van der Waals surface area contributed by atoms with E-state index in [1.165, 1.54) is 6.42 Å². The van der Waals surface area contributed by atoms with E-state index in [-0.39, 0.29) is 5.91 Å². The lowest BCUT2D eigenvalue weighted by Gasteiger charge is -2.11. The Morgan fingerprint density at radius 1 is 1.59 bits per heavy atom. The first-order valence-electron chi connectivity index (χ1n) is 5.67. The second-order valence-corrected chi connectivity index (χ2v) is 4.96. The molecule has 1 fully saturated rings. The van der Waals surface area contributed by atoms with E-state index in [2.05, 4.69) is 26.7 Å². The van der Waals surface area contributed by atoms with Gasteiger partial charge in [-0.3, -0.25) is 9.63 Å². The minimum atomic E-state index is -0.218. The van der Waals surface area contributed by atoms with Crippen molar-refractivity contribution >= 4 is 21.8 Å². The highest BCUT2D eigenvalue weighted by molar-refractivity contribution is 9.10. The highest BCUT2D eigenvalue weighted by Crippen LogP contribution is 2.11. The van der Waals surface area contributed by atoms with Gasteiger partial charge in [0.15, 0.2) is 0 Å². The van der Waals surface area contributed by atoms with Crippen molar-refractivity contribution in [3.63, 3.8) is 0 Å². The van der Waals surface area contributed by atoms with Crippen LogP contribution in [0.15, 0.2) is 28.7 Å². The van der Waals surface area contributed by atoms with Crippen LogP contribution in [0.3, 0.4) is 0 Å². The van der Waals surface area contributed by atoms with E-state index in [1.807, 2.05) is 12.1 Å². The zero-order chi connectivity index (χ0) is 12.1. The van der Waals surface area contributed by atoms with E-state index < -0.39 is 0 Å². The Bertz CT molecular complexity index is 392. The van der Waals surface area contributed by atoms with Crippen molar-refractivity contribution in [1.29, 1.82) is 0 Å². The van der Waals surface area contributed by atoms with Gasteiger partial charge in [-0.25, -0.2) is 5.48 Å². The van der Waals surface area contributed by atoms with Gasteiger partial charge in [0.1, 0.15) is 0 Å². The minimum absolute atomic E-state index is 0.218. The quantitative estimate of drug-likeness (QED) is 0.834. The third-order valence-corrected chi connectivity index (χ3v) is 3.19. The summed E-state index contributed by atoms with van der Waals surface area (Å²) in [5.74, 6) is -0.218. The number of nitrogens with one attached hydrogen (secondary N) is 2. The summed E-state index contributed by atoms with van der Waals surface area (Å²) in [5.41, 5.74) is 3.04. The molecule has 0 bridgehead atoms. The number of hydrogen-bond donors (Lipinski definition) is 2. The van der Waals surface area contributed by atoms with E-state index in [4.69, 9.17) is 4.84 Å². The van der Waals surface area contributed by atoms with E-state index in [1.54, 1.807) is 12.1 Å². The maximum atomic E-state index is 11.7. The summed E-state index contributed by atoms with van der Waals surface area (Å²) in [6, 6.07) is 7.55. The topological polar surface area (TPSA) is 50.4 Å². The summed E-state index contributed by atoms with van der Waals surface area (Å²) >= 11 is 3.32. The Labute approximate surface area is 109 Å². The maximum Gasteiger partial charge on any atom is 0.274 e. The van der Waals surface area contributed by atoms with Gasteiger partial charge in [0.25, 0.3) is 5.91 Å². The zero-order valence-corrected chi connectivity index (χ0v) is 11.0. The molecule has 1 aliphatic heterocycles. The van der Waals surface area contributed by atoms with Crippen LogP contribution in [-0.4, -0.2) is 25.1 Å². The molecule has 0 aromatic heterocycles. The number of benzene rings is 1. The first-order valence-corrected chi connectivity index (χ1v) is 6.46. The summed E-state index contributed by atoms with van der Waals surface area (Å²) in [4.78, 5) is 16.9. The third kappa shape index (κ3) is 3.80. The highest BCUT2D eigenvalue weighted by Gasteiger charge is 2.14. The maximum absolute atomic E-state index is 11.7. The van der Waals surface area contributed by atoms with Crippen molar-refractivity contribution in [1.82, 2.24) is 10.8 Å². The van der Waals surface area contributed by atoms with Crippen LogP contribution in [0.1, 0.15) is 23.2 Å². The third-order valence-electron chi connectivity index (χ3n) is 2.70. The normalized spacial score (nSPS) is 19.2. The van der Waals surface area contributed by atoms with Crippen LogP contribution in [0.2, 0.25) is 0 Å².